The predicted octanol–water partition coefficient (Wildman–Crippen LogP) is 19.3. The molecule has 68 heavy (non-hydrogen) atoms. The van der Waals surface area contributed by atoms with Gasteiger partial charge in [-0.2, -0.15) is 0 Å². The molecule has 0 N–H and O–H groups in total. The van der Waals surface area contributed by atoms with E-state index < -0.39 is 0 Å². The number of benzene rings is 12. The summed E-state index contributed by atoms with van der Waals surface area (Å²) in [5, 5.41) is 10.0. The van der Waals surface area contributed by atoms with Crippen molar-refractivity contribution < 1.29 is 0 Å². The van der Waals surface area contributed by atoms with Crippen LogP contribution in [0.5, 0.6) is 0 Å². The number of anilines is 3. The van der Waals surface area contributed by atoms with Crippen LogP contribution in [0.4, 0.5) is 17.1 Å². The fourth-order valence-electron chi connectivity index (χ4n) is 10.4. The lowest BCUT2D eigenvalue weighted by atomic mass is 9.89. The van der Waals surface area contributed by atoms with E-state index >= 15 is 0 Å². The Morgan fingerprint density at radius 2 is 0.735 bits per heavy atom. The zero-order chi connectivity index (χ0) is 45.0. The largest absolute Gasteiger partial charge is 0.310 e. The van der Waals surface area contributed by atoms with Crippen LogP contribution in [0, 0.1) is 0 Å². The molecule has 2 heteroatoms. The van der Waals surface area contributed by atoms with Gasteiger partial charge < -0.3 is 4.90 Å². The van der Waals surface area contributed by atoms with E-state index in [1.54, 1.807) is 0 Å². The zero-order valence-corrected chi connectivity index (χ0v) is 38.0. The molecule has 0 radical (unpaired) electrons. The number of fused-ring (bicyclic) bond motifs is 6. The number of hydrogen-bond donors (Lipinski definition) is 0. The van der Waals surface area contributed by atoms with Gasteiger partial charge in [-0.1, -0.05) is 212 Å². The van der Waals surface area contributed by atoms with Gasteiger partial charge in [0.15, 0.2) is 0 Å². The molecule has 0 spiro atoms. The summed E-state index contributed by atoms with van der Waals surface area (Å²) in [5.41, 5.74) is 15.5. The van der Waals surface area contributed by atoms with E-state index in [4.69, 9.17) is 0 Å². The van der Waals surface area contributed by atoms with Crippen LogP contribution >= 0.6 is 11.3 Å². The maximum Gasteiger partial charge on any atom is 0.0555 e. The molecule has 0 saturated carbocycles. The van der Waals surface area contributed by atoms with E-state index in [0.29, 0.717) is 0 Å². The van der Waals surface area contributed by atoms with Crippen molar-refractivity contribution in [2.75, 3.05) is 4.90 Å². The van der Waals surface area contributed by atoms with Gasteiger partial charge in [-0.05, 0) is 131 Å². The Morgan fingerprint density at radius 3 is 1.41 bits per heavy atom. The minimum absolute atomic E-state index is 1.09. The minimum Gasteiger partial charge on any atom is -0.310 e. The van der Waals surface area contributed by atoms with Crippen LogP contribution in [0.2, 0.25) is 0 Å². The monoisotopic (exact) mass is 881 g/mol. The van der Waals surface area contributed by atoms with E-state index in [1.165, 1.54) is 108 Å². The fourth-order valence-corrected chi connectivity index (χ4v) is 11.6. The van der Waals surface area contributed by atoms with Crippen LogP contribution in [0.25, 0.3) is 108 Å². The number of thiophene rings is 1. The average molecular weight is 882 g/mol. The molecule has 0 fully saturated rings. The van der Waals surface area contributed by atoms with Gasteiger partial charge in [-0.25, -0.2) is 0 Å². The Balaban J connectivity index is 0.965. The van der Waals surface area contributed by atoms with Crippen molar-refractivity contribution in [3.05, 3.63) is 261 Å². The maximum atomic E-state index is 2.46. The Bertz CT molecular complexity index is 4020. The summed E-state index contributed by atoms with van der Waals surface area (Å²) in [6.07, 6.45) is 0. The molecule has 1 nitrogen and oxygen atoms in total. The first-order valence-corrected chi connectivity index (χ1v) is 24.1. The van der Waals surface area contributed by atoms with Crippen LogP contribution in [0.15, 0.2) is 261 Å². The van der Waals surface area contributed by atoms with Gasteiger partial charge in [-0.15, -0.1) is 11.3 Å². The molecule has 318 valence electrons. The molecule has 13 rings (SSSR count). The molecule has 0 atom stereocenters. The van der Waals surface area contributed by atoms with E-state index in [0.717, 1.165) is 17.1 Å². The second-order valence-corrected chi connectivity index (χ2v) is 18.7. The Morgan fingerprint density at radius 1 is 0.265 bits per heavy atom. The van der Waals surface area contributed by atoms with Crippen molar-refractivity contribution in [1.29, 1.82) is 0 Å². The molecule has 12 aromatic carbocycles. The van der Waals surface area contributed by atoms with E-state index in [2.05, 4.69) is 266 Å². The van der Waals surface area contributed by atoms with Crippen LogP contribution in [0.3, 0.4) is 0 Å². The third kappa shape index (κ3) is 6.93. The summed E-state index contributed by atoms with van der Waals surface area (Å²) in [5.74, 6) is 0. The highest BCUT2D eigenvalue weighted by atomic mass is 32.1. The minimum atomic E-state index is 1.09. The summed E-state index contributed by atoms with van der Waals surface area (Å²) in [6.45, 7) is 0. The summed E-state index contributed by atoms with van der Waals surface area (Å²) in [4.78, 5) is 2.46. The van der Waals surface area contributed by atoms with Crippen molar-refractivity contribution in [3.8, 4) is 55.6 Å². The number of rotatable bonds is 8. The van der Waals surface area contributed by atoms with Crippen molar-refractivity contribution in [3.63, 3.8) is 0 Å². The molecule has 0 aliphatic carbocycles. The van der Waals surface area contributed by atoms with Gasteiger partial charge >= 0.3 is 0 Å². The molecule has 1 heterocycles. The standard InChI is InChI=1S/C66H43NS/c1-3-17-49-42-51(30-28-44(49)14-1)46-32-36-53(37-33-46)67(63-41-40-61(60-26-13-19-47-16-5-6-20-55(47)60)66-65(63)62-25-11-12-27-64(62)68-66)54-38-34-48(35-39-54)56-21-7-9-23-58(56)59-24-10-8-22-57(59)52-31-29-45-15-2-4-18-50(45)43-52/h1-43H. The Labute approximate surface area is 400 Å². The lowest BCUT2D eigenvalue weighted by molar-refractivity contribution is 1.30. The van der Waals surface area contributed by atoms with E-state index in [9.17, 15) is 0 Å². The highest BCUT2D eigenvalue weighted by Gasteiger charge is 2.22. The molecule has 0 bridgehead atoms. The summed E-state index contributed by atoms with van der Waals surface area (Å²) >= 11 is 1.89. The molecular formula is C66H43NS. The molecule has 0 aliphatic rings. The lowest BCUT2D eigenvalue weighted by Gasteiger charge is -2.27. The second-order valence-electron chi connectivity index (χ2n) is 17.6. The first-order valence-electron chi connectivity index (χ1n) is 23.3. The molecule has 0 saturated heterocycles. The van der Waals surface area contributed by atoms with Gasteiger partial charge in [0, 0.05) is 37.1 Å². The molecule has 1 aromatic heterocycles. The normalized spacial score (nSPS) is 11.5. The predicted molar refractivity (Wildman–Crippen MR) is 294 cm³/mol. The first-order chi connectivity index (χ1) is 33.7. The Hall–Kier alpha value is -8.56. The number of hydrogen-bond acceptors (Lipinski definition) is 2. The molecule has 0 aliphatic heterocycles. The molecular weight excluding hydrogens is 839 g/mol. The average Bonchev–Trinajstić information content (AvgIpc) is 3.81. The quantitative estimate of drug-likeness (QED) is 0.147. The van der Waals surface area contributed by atoms with E-state index in [-0.39, 0.29) is 0 Å². The Kier molecular flexibility index (Phi) is 9.77. The second kappa shape index (κ2) is 16.7. The van der Waals surface area contributed by atoms with E-state index in [1.807, 2.05) is 11.3 Å². The summed E-state index contributed by atoms with van der Waals surface area (Å²) in [7, 11) is 0. The SMILES string of the molecule is c1ccc(-c2ccccc2-c2ccc3ccccc3c2)c(-c2ccc(N(c3ccc(-c4ccc5ccccc5c4)cc3)c3ccc(-c4cccc5ccccc45)c4sc5ccccc5c34)cc2)c1. The van der Waals surface area contributed by atoms with Gasteiger partial charge in [0.05, 0.1) is 5.69 Å². The van der Waals surface area contributed by atoms with Crippen LogP contribution in [-0.4, -0.2) is 0 Å². The third-order valence-corrected chi connectivity index (χ3v) is 14.9. The van der Waals surface area contributed by atoms with Crippen molar-refractivity contribution in [2.24, 2.45) is 0 Å². The summed E-state index contributed by atoms with van der Waals surface area (Å²) < 4.78 is 2.56. The van der Waals surface area contributed by atoms with Crippen LogP contribution < -0.4 is 4.90 Å². The molecule has 13 aromatic rings. The maximum absolute atomic E-state index is 2.46. The smallest absolute Gasteiger partial charge is 0.0555 e. The van der Waals surface area contributed by atoms with Gasteiger partial charge in [-0.3, -0.25) is 0 Å². The van der Waals surface area contributed by atoms with Crippen molar-refractivity contribution in [1.82, 2.24) is 0 Å². The van der Waals surface area contributed by atoms with Crippen LogP contribution in [0.1, 0.15) is 0 Å². The fraction of sp³-hybridized carbons (Fsp3) is 0. The van der Waals surface area contributed by atoms with Gasteiger partial charge in [0.25, 0.3) is 0 Å². The first kappa shape index (κ1) is 39.8. The van der Waals surface area contributed by atoms with Crippen LogP contribution in [-0.2, 0) is 0 Å². The number of nitrogens with zero attached hydrogens (tertiary/aromatic N) is 1. The summed E-state index contributed by atoms with van der Waals surface area (Å²) in [6, 6.07) is 95.8. The highest BCUT2D eigenvalue weighted by Crippen LogP contribution is 2.50. The molecule has 0 amide bonds. The topological polar surface area (TPSA) is 3.24 Å². The molecule has 0 unspecified atom stereocenters. The van der Waals surface area contributed by atoms with Gasteiger partial charge in [0.1, 0.15) is 0 Å². The highest BCUT2D eigenvalue weighted by molar-refractivity contribution is 7.26. The van der Waals surface area contributed by atoms with Crippen molar-refractivity contribution >= 4 is 80.9 Å². The zero-order valence-electron chi connectivity index (χ0n) is 37.2. The van der Waals surface area contributed by atoms with Gasteiger partial charge in [0.2, 0.25) is 0 Å². The van der Waals surface area contributed by atoms with Crippen molar-refractivity contribution in [2.45, 2.75) is 0 Å². The third-order valence-electron chi connectivity index (χ3n) is 13.7. The lowest BCUT2D eigenvalue weighted by Crippen LogP contribution is -2.10.